The van der Waals surface area contributed by atoms with E-state index in [-0.39, 0.29) is 0 Å². The average Bonchev–Trinajstić information content (AvgIpc) is 3.16. The SMILES string of the molecule is COc1cc2c(cc1OC)NCC1(CC1)CN2. The highest BCUT2D eigenvalue weighted by Gasteiger charge is 2.43. The largest absolute Gasteiger partial charge is 0.493 e. The van der Waals surface area contributed by atoms with Crippen LogP contribution in [0.15, 0.2) is 12.1 Å². The minimum atomic E-state index is 0.472. The third kappa shape index (κ3) is 1.77. The molecule has 1 aromatic carbocycles. The Kier molecular flexibility index (Phi) is 2.31. The van der Waals surface area contributed by atoms with Crippen molar-refractivity contribution in [1.82, 2.24) is 0 Å². The fourth-order valence-electron chi connectivity index (χ4n) is 2.33. The molecular weight excluding hydrogens is 216 g/mol. The Bertz CT molecular complexity index is 404. The van der Waals surface area contributed by atoms with Gasteiger partial charge in [0, 0.05) is 30.6 Å². The molecule has 0 radical (unpaired) electrons. The van der Waals surface area contributed by atoms with E-state index in [1.165, 1.54) is 12.8 Å². The second-order valence-electron chi connectivity index (χ2n) is 4.96. The van der Waals surface area contributed by atoms with Crippen molar-refractivity contribution in [2.75, 3.05) is 37.9 Å². The molecular formula is C13H18N2O2. The van der Waals surface area contributed by atoms with Crippen LogP contribution in [0, 0.1) is 5.41 Å². The van der Waals surface area contributed by atoms with Crippen LogP contribution < -0.4 is 20.1 Å². The topological polar surface area (TPSA) is 42.5 Å². The lowest BCUT2D eigenvalue weighted by Crippen LogP contribution is -2.19. The first-order chi connectivity index (χ1) is 8.26. The smallest absolute Gasteiger partial charge is 0.162 e. The van der Waals surface area contributed by atoms with Gasteiger partial charge in [-0.25, -0.2) is 0 Å². The number of methoxy groups -OCH3 is 2. The van der Waals surface area contributed by atoms with Crippen molar-refractivity contribution in [2.45, 2.75) is 12.8 Å². The lowest BCUT2D eigenvalue weighted by molar-refractivity contribution is 0.355. The van der Waals surface area contributed by atoms with Crippen LogP contribution >= 0.6 is 0 Å². The van der Waals surface area contributed by atoms with E-state index in [1.807, 2.05) is 12.1 Å². The molecule has 17 heavy (non-hydrogen) atoms. The normalized spacial score (nSPS) is 19.6. The van der Waals surface area contributed by atoms with Crippen molar-refractivity contribution in [3.63, 3.8) is 0 Å². The van der Waals surface area contributed by atoms with Crippen LogP contribution in [-0.4, -0.2) is 27.3 Å². The van der Waals surface area contributed by atoms with Gasteiger partial charge in [0.15, 0.2) is 11.5 Å². The molecule has 92 valence electrons. The quantitative estimate of drug-likeness (QED) is 0.824. The molecule has 1 fully saturated rings. The average molecular weight is 234 g/mol. The van der Waals surface area contributed by atoms with Gasteiger partial charge in [0.05, 0.1) is 25.6 Å². The van der Waals surface area contributed by atoms with Crippen molar-refractivity contribution >= 4 is 11.4 Å². The summed E-state index contributed by atoms with van der Waals surface area (Å²) in [6.07, 6.45) is 2.63. The Hall–Kier alpha value is -1.58. The van der Waals surface area contributed by atoms with E-state index in [1.54, 1.807) is 14.2 Å². The van der Waals surface area contributed by atoms with Crippen molar-refractivity contribution in [3.8, 4) is 11.5 Å². The number of anilines is 2. The monoisotopic (exact) mass is 234 g/mol. The molecule has 3 rings (SSSR count). The zero-order chi connectivity index (χ0) is 11.9. The first kappa shape index (κ1) is 10.6. The number of fused-ring (bicyclic) bond motifs is 1. The number of hydrogen-bond acceptors (Lipinski definition) is 4. The molecule has 1 aromatic rings. The number of hydrogen-bond donors (Lipinski definition) is 2. The van der Waals surface area contributed by atoms with Crippen molar-refractivity contribution in [3.05, 3.63) is 12.1 Å². The van der Waals surface area contributed by atoms with Crippen LogP contribution in [0.2, 0.25) is 0 Å². The summed E-state index contributed by atoms with van der Waals surface area (Å²) in [4.78, 5) is 0. The number of ether oxygens (including phenoxy) is 2. The fraction of sp³-hybridized carbons (Fsp3) is 0.538. The van der Waals surface area contributed by atoms with Crippen LogP contribution in [0.25, 0.3) is 0 Å². The van der Waals surface area contributed by atoms with Gasteiger partial charge in [-0.1, -0.05) is 0 Å². The molecule has 0 unspecified atom stereocenters. The van der Waals surface area contributed by atoms with Gasteiger partial charge in [0.1, 0.15) is 0 Å². The van der Waals surface area contributed by atoms with Crippen molar-refractivity contribution in [1.29, 1.82) is 0 Å². The highest BCUT2D eigenvalue weighted by Crippen LogP contribution is 2.48. The standard InChI is InChI=1S/C13H18N2O2/c1-16-11-5-9-10(6-12(11)17-2)15-8-13(3-4-13)7-14-9/h5-6,14-15H,3-4,7-8H2,1-2H3. The Morgan fingerprint density at radius 2 is 1.41 bits per heavy atom. The van der Waals surface area contributed by atoms with E-state index in [0.29, 0.717) is 5.41 Å². The van der Waals surface area contributed by atoms with Crippen molar-refractivity contribution < 1.29 is 9.47 Å². The van der Waals surface area contributed by atoms with Gasteiger partial charge < -0.3 is 20.1 Å². The summed E-state index contributed by atoms with van der Waals surface area (Å²) in [6.45, 7) is 2.09. The third-order valence-corrected chi connectivity index (χ3v) is 3.79. The van der Waals surface area contributed by atoms with Crippen LogP contribution in [0.3, 0.4) is 0 Å². The summed E-state index contributed by atoms with van der Waals surface area (Å²) < 4.78 is 10.6. The number of rotatable bonds is 2. The van der Waals surface area contributed by atoms with Gasteiger partial charge in [0.25, 0.3) is 0 Å². The first-order valence-electron chi connectivity index (χ1n) is 6.00. The second kappa shape index (κ2) is 3.72. The summed E-state index contributed by atoms with van der Waals surface area (Å²) in [5.74, 6) is 1.54. The lowest BCUT2D eigenvalue weighted by atomic mass is 10.1. The Morgan fingerprint density at radius 3 is 1.76 bits per heavy atom. The molecule has 1 aliphatic heterocycles. The second-order valence-corrected chi connectivity index (χ2v) is 4.96. The van der Waals surface area contributed by atoms with Gasteiger partial charge in [-0.15, -0.1) is 0 Å². The van der Waals surface area contributed by atoms with Crippen LogP contribution in [0.4, 0.5) is 11.4 Å². The molecule has 2 N–H and O–H groups in total. The molecule has 0 saturated heterocycles. The number of nitrogens with one attached hydrogen (secondary N) is 2. The molecule has 1 saturated carbocycles. The van der Waals surface area contributed by atoms with E-state index < -0.39 is 0 Å². The summed E-state index contributed by atoms with van der Waals surface area (Å²) in [5.41, 5.74) is 2.68. The van der Waals surface area contributed by atoms with Gasteiger partial charge in [-0.2, -0.15) is 0 Å². The minimum Gasteiger partial charge on any atom is -0.493 e. The summed E-state index contributed by atoms with van der Waals surface area (Å²) in [5, 5.41) is 7.01. The maximum atomic E-state index is 5.32. The summed E-state index contributed by atoms with van der Waals surface area (Å²) in [7, 11) is 3.33. The van der Waals surface area contributed by atoms with Gasteiger partial charge in [-0.05, 0) is 12.8 Å². The molecule has 1 heterocycles. The Labute approximate surface area is 101 Å². The molecule has 0 atom stereocenters. The van der Waals surface area contributed by atoms with E-state index in [2.05, 4.69) is 10.6 Å². The van der Waals surface area contributed by atoms with Gasteiger partial charge >= 0.3 is 0 Å². The van der Waals surface area contributed by atoms with E-state index in [4.69, 9.17) is 9.47 Å². The highest BCUT2D eigenvalue weighted by molar-refractivity contribution is 5.75. The zero-order valence-corrected chi connectivity index (χ0v) is 10.3. The first-order valence-corrected chi connectivity index (χ1v) is 6.00. The van der Waals surface area contributed by atoms with Gasteiger partial charge in [0.2, 0.25) is 0 Å². The van der Waals surface area contributed by atoms with Crippen LogP contribution in [-0.2, 0) is 0 Å². The lowest BCUT2D eigenvalue weighted by Gasteiger charge is -2.13. The fourth-order valence-corrected chi connectivity index (χ4v) is 2.33. The van der Waals surface area contributed by atoms with E-state index in [9.17, 15) is 0 Å². The minimum absolute atomic E-state index is 0.472. The van der Waals surface area contributed by atoms with E-state index >= 15 is 0 Å². The van der Waals surface area contributed by atoms with Gasteiger partial charge in [-0.3, -0.25) is 0 Å². The predicted molar refractivity (Wildman–Crippen MR) is 68.2 cm³/mol. The maximum absolute atomic E-state index is 5.32. The zero-order valence-electron chi connectivity index (χ0n) is 10.3. The van der Waals surface area contributed by atoms with Crippen LogP contribution in [0.1, 0.15) is 12.8 Å². The molecule has 4 nitrogen and oxygen atoms in total. The molecule has 1 aliphatic carbocycles. The van der Waals surface area contributed by atoms with Crippen molar-refractivity contribution in [2.24, 2.45) is 5.41 Å². The molecule has 2 aliphatic rings. The molecule has 1 spiro atoms. The molecule has 4 heteroatoms. The number of benzene rings is 1. The van der Waals surface area contributed by atoms with E-state index in [0.717, 1.165) is 36.0 Å². The Morgan fingerprint density at radius 1 is 0.941 bits per heavy atom. The molecule has 0 bridgehead atoms. The Balaban J connectivity index is 1.95. The maximum Gasteiger partial charge on any atom is 0.162 e. The molecule has 0 amide bonds. The predicted octanol–water partition coefficient (Wildman–Crippen LogP) is 2.32. The highest BCUT2D eigenvalue weighted by atomic mass is 16.5. The summed E-state index contributed by atoms with van der Waals surface area (Å²) >= 11 is 0. The van der Waals surface area contributed by atoms with Crippen LogP contribution in [0.5, 0.6) is 11.5 Å². The summed E-state index contributed by atoms with van der Waals surface area (Å²) in [6, 6.07) is 4.01. The third-order valence-electron chi connectivity index (χ3n) is 3.79. The molecule has 0 aromatic heterocycles.